The Kier molecular flexibility index (Phi) is 3.45. The van der Waals surface area contributed by atoms with Crippen molar-refractivity contribution in [2.45, 2.75) is 25.8 Å². The summed E-state index contributed by atoms with van der Waals surface area (Å²) in [5.41, 5.74) is 10.5. The molecule has 2 nitrogen and oxygen atoms in total. The second-order valence-corrected chi connectivity index (χ2v) is 5.48. The van der Waals surface area contributed by atoms with Crippen LogP contribution in [-0.2, 0) is 12.8 Å². The van der Waals surface area contributed by atoms with Gasteiger partial charge in [0.2, 0.25) is 0 Å². The Labute approximate surface area is 119 Å². The Morgan fingerprint density at radius 1 is 1.20 bits per heavy atom. The molecule has 0 aromatic heterocycles. The smallest absolute Gasteiger partial charge is 0.123 e. The summed E-state index contributed by atoms with van der Waals surface area (Å²) in [6.45, 7) is 2.89. The maximum atomic E-state index is 13.5. The van der Waals surface area contributed by atoms with Crippen molar-refractivity contribution in [1.29, 1.82) is 0 Å². The second kappa shape index (κ2) is 5.25. The van der Waals surface area contributed by atoms with E-state index in [1.165, 1.54) is 17.3 Å². The Hall–Kier alpha value is -1.87. The molecule has 0 radical (unpaired) electrons. The fraction of sp³-hybridized carbons (Fsp3) is 0.294. The van der Waals surface area contributed by atoms with Crippen LogP contribution in [0, 0.1) is 5.82 Å². The lowest BCUT2D eigenvalue weighted by molar-refractivity contribution is 0.622. The van der Waals surface area contributed by atoms with Crippen LogP contribution in [0.15, 0.2) is 42.5 Å². The third-order valence-electron chi connectivity index (χ3n) is 3.76. The molecule has 3 heteroatoms. The van der Waals surface area contributed by atoms with Crippen molar-refractivity contribution in [3.8, 4) is 0 Å². The standard InChI is InChI=1S/C17H19FN2/c1-12(19)10-14-11-15(18)6-7-17(14)20-9-8-13-4-2-3-5-16(13)20/h2-7,11-12H,8-10,19H2,1H3. The third kappa shape index (κ3) is 2.41. The molecule has 0 saturated heterocycles. The highest BCUT2D eigenvalue weighted by Gasteiger charge is 2.22. The van der Waals surface area contributed by atoms with Crippen molar-refractivity contribution in [3.63, 3.8) is 0 Å². The molecule has 2 N–H and O–H groups in total. The van der Waals surface area contributed by atoms with E-state index < -0.39 is 0 Å². The molecule has 20 heavy (non-hydrogen) atoms. The number of halogens is 1. The van der Waals surface area contributed by atoms with Gasteiger partial charge in [-0.15, -0.1) is 0 Å². The number of nitrogens with two attached hydrogens (primary N) is 1. The largest absolute Gasteiger partial charge is 0.341 e. The molecule has 0 bridgehead atoms. The summed E-state index contributed by atoms with van der Waals surface area (Å²) in [5, 5.41) is 0. The summed E-state index contributed by atoms with van der Waals surface area (Å²) in [4.78, 5) is 2.27. The molecule has 0 fully saturated rings. The van der Waals surface area contributed by atoms with Crippen LogP contribution in [-0.4, -0.2) is 12.6 Å². The highest BCUT2D eigenvalue weighted by Crippen LogP contribution is 2.36. The summed E-state index contributed by atoms with van der Waals surface area (Å²) in [5.74, 6) is -0.197. The first kappa shape index (κ1) is 13.1. The number of hydrogen-bond acceptors (Lipinski definition) is 2. The van der Waals surface area contributed by atoms with Gasteiger partial charge in [0, 0.05) is 24.0 Å². The molecular formula is C17H19FN2. The third-order valence-corrected chi connectivity index (χ3v) is 3.76. The molecule has 0 spiro atoms. The number of nitrogens with zero attached hydrogens (tertiary/aromatic N) is 1. The molecule has 3 rings (SSSR count). The molecule has 1 atom stereocenters. The predicted octanol–water partition coefficient (Wildman–Crippen LogP) is 3.41. The van der Waals surface area contributed by atoms with E-state index in [4.69, 9.17) is 5.73 Å². The summed E-state index contributed by atoms with van der Waals surface area (Å²) in [6, 6.07) is 13.4. The Balaban J connectivity index is 2.03. The Morgan fingerprint density at radius 3 is 2.80 bits per heavy atom. The van der Waals surface area contributed by atoms with E-state index in [2.05, 4.69) is 23.1 Å². The van der Waals surface area contributed by atoms with E-state index in [-0.39, 0.29) is 11.9 Å². The van der Waals surface area contributed by atoms with Crippen LogP contribution in [0.1, 0.15) is 18.1 Å². The molecular weight excluding hydrogens is 251 g/mol. The van der Waals surface area contributed by atoms with Gasteiger partial charge in [-0.25, -0.2) is 4.39 Å². The Morgan fingerprint density at radius 2 is 2.00 bits per heavy atom. The molecule has 1 aliphatic heterocycles. The second-order valence-electron chi connectivity index (χ2n) is 5.48. The van der Waals surface area contributed by atoms with Gasteiger partial charge in [0.15, 0.2) is 0 Å². The topological polar surface area (TPSA) is 29.3 Å². The summed E-state index contributed by atoms with van der Waals surface area (Å²) in [6.07, 6.45) is 1.72. The molecule has 0 aliphatic carbocycles. The van der Waals surface area contributed by atoms with Gasteiger partial charge in [-0.1, -0.05) is 18.2 Å². The van der Waals surface area contributed by atoms with Gasteiger partial charge in [0.05, 0.1) is 0 Å². The van der Waals surface area contributed by atoms with Gasteiger partial charge < -0.3 is 10.6 Å². The van der Waals surface area contributed by atoms with Gasteiger partial charge in [0.25, 0.3) is 0 Å². The highest BCUT2D eigenvalue weighted by molar-refractivity contribution is 5.72. The number of anilines is 2. The minimum Gasteiger partial charge on any atom is -0.341 e. The van der Waals surface area contributed by atoms with Gasteiger partial charge in [0.1, 0.15) is 5.82 Å². The fourth-order valence-corrected chi connectivity index (χ4v) is 2.92. The van der Waals surface area contributed by atoms with E-state index >= 15 is 0 Å². The van der Waals surface area contributed by atoms with E-state index in [1.54, 1.807) is 6.07 Å². The average Bonchev–Trinajstić information content (AvgIpc) is 2.82. The van der Waals surface area contributed by atoms with E-state index in [0.29, 0.717) is 6.42 Å². The van der Waals surface area contributed by atoms with Gasteiger partial charge in [-0.2, -0.15) is 0 Å². The minimum atomic E-state index is -0.197. The van der Waals surface area contributed by atoms with Gasteiger partial charge >= 0.3 is 0 Å². The van der Waals surface area contributed by atoms with E-state index in [0.717, 1.165) is 24.2 Å². The molecule has 1 aliphatic rings. The average molecular weight is 270 g/mol. The van der Waals surface area contributed by atoms with Crippen LogP contribution in [0.2, 0.25) is 0 Å². The lowest BCUT2D eigenvalue weighted by atomic mass is 10.0. The lowest BCUT2D eigenvalue weighted by Gasteiger charge is -2.23. The van der Waals surface area contributed by atoms with Gasteiger partial charge in [-0.3, -0.25) is 0 Å². The number of fused-ring (bicyclic) bond motifs is 1. The monoisotopic (exact) mass is 270 g/mol. The van der Waals surface area contributed by atoms with Crippen molar-refractivity contribution < 1.29 is 4.39 Å². The van der Waals surface area contributed by atoms with Crippen LogP contribution in [0.25, 0.3) is 0 Å². The molecule has 2 aromatic rings. The molecule has 104 valence electrons. The van der Waals surface area contributed by atoms with Crippen molar-refractivity contribution >= 4 is 11.4 Å². The quantitative estimate of drug-likeness (QED) is 0.926. The van der Waals surface area contributed by atoms with Crippen molar-refractivity contribution in [2.24, 2.45) is 5.73 Å². The zero-order valence-electron chi connectivity index (χ0n) is 11.6. The highest BCUT2D eigenvalue weighted by atomic mass is 19.1. The van der Waals surface area contributed by atoms with Crippen molar-refractivity contribution in [1.82, 2.24) is 0 Å². The van der Waals surface area contributed by atoms with Crippen LogP contribution in [0.4, 0.5) is 15.8 Å². The fourth-order valence-electron chi connectivity index (χ4n) is 2.92. The first-order chi connectivity index (χ1) is 9.65. The van der Waals surface area contributed by atoms with Crippen LogP contribution >= 0.6 is 0 Å². The number of rotatable bonds is 3. The zero-order chi connectivity index (χ0) is 14.1. The predicted molar refractivity (Wildman–Crippen MR) is 80.9 cm³/mol. The summed E-state index contributed by atoms with van der Waals surface area (Å²) in [7, 11) is 0. The lowest BCUT2D eigenvalue weighted by Crippen LogP contribution is -2.21. The molecule has 0 saturated carbocycles. The molecule has 1 heterocycles. The normalized spacial score (nSPS) is 15.2. The first-order valence-corrected chi connectivity index (χ1v) is 7.04. The first-order valence-electron chi connectivity index (χ1n) is 7.04. The minimum absolute atomic E-state index is 0.0217. The maximum absolute atomic E-state index is 13.5. The zero-order valence-corrected chi connectivity index (χ0v) is 11.6. The van der Waals surface area contributed by atoms with E-state index in [9.17, 15) is 4.39 Å². The summed E-state index contributed by atoms with van der Waals surface area (Å²) < 4.78 is 13.5. The molecule has 2 aromatic carbocycles. The van der Waals surface area contributed by atoms with Crippen molar-refractivity contribution in [3.05, 3.63) is 59.4 Å². The van der Waals surface area contributed by atoms with E-state index in [1.807, 2.05) is 19.1 Å². The molecule has 1 unspecified atom stereocenters. The number of benzene rings is 2. The molecule has 0 amide bonds. The van der Waals surface area contributed by atoms with Gasteiger partial charge in [-0.05, 0) is 55.2 Å². The van der Waals surface area contributed by atoms with Crippen LogP contribution < -0.4 is 10.6 Å². The Bertz CT molecular complexity index is 622. The SMILES string of the molecule is CC(N)Cc1cc(F)ccc1N1CCc2ccccc21. The summed E-state index contributed by atoms with van der Waals surface area (Å²) >= 11 is 0. The van der Waals surface area contributed by atoms with Crippen molar-refractivity contribution in [2.75, 3.05) is 11.4 Å². The van der Waals surface area contributed by atoms with Crippen LogP contribution in [0.3, 0.4) is 0 Å². The maximum Gasteiger partial charge on any atom is 0.123 e. The number of hydrogen-bond donors (Lipinski definition) is 1. The number of para-hydroxylation sites is 1. The van der Waals surface area contributed by atoms with Crippen LogP contribution in [0.5, 0.6) is 0 Å².